The van der Waals surface area contributed by atoms with Crippen molar-refractivity contribution in [3.8, 4) is 11.3 Å². The van der Waals surface area contributed by atoms with Crippen molar-refractivity contribution in [1.29, 1.82) is 0 Å². The average molecular weight is 637 g/mol. The molecule has 0 atom stereocenters. The van der Waals surface area contributed by atoms with E-state index in [9.17, 15) is 9.90 Å². The molecule has 0 bridgehead atoms. The number of carbonyl (C=O) groups is 1. The number of hydrogen-bond donors (Lipinski definition) is 1. The number of aliphatic hydroxyl groups excluding tert-OH is 1. The van der Waals surface area contributed by atoms with E-state index in [-0.39, 0.29) is 37.1 Å². The Labute approximate surface area is 219 Å². The van der Waals surface area contributed by atoms with Crippen LogP contribution in [0.2, 0.25) is 0 Å². The Morgan fingerprint density at radius 2 is 1.50 bits per heavy atom. The van der Waals surface area contributed by atoms with E-state index in [1.54, 1.807) is 0 Å². The second-order valence-electron chi connectivity index (χ2n) is 11.0. The van der Waals surface area contributed by atoms with Crippen molar-refractivity contribution in [3.05, 3.63) is 76.6 Å². The number of allylic oxidation sites excluding steroid dienone is 2. The quantitative estimate of drug-likeness (QED) is 0.176. The standard InChI is InChI=1S/C19H18N.C11H20O2.Ir/c1-12-9-15(4)17-7-8-18(20-19(17)10-12)16-6-5-13(2)14(3)11-16;1-10(2,3)8(12)7-9(13)11(4,5)6;/h5,7-11H,1-4H3;7,12H,1-6H3;/q-1;;/b;8-7-;. The normalized spacial score (nSPS) is 12.0. The van der Waals surface area contributed by atoms with E-state index >= 15 is 0 Å². The maximum Gasteiger partial charge on any atom is 0.164 e. The van der Waals surface area contributed by atoms with E-state index in [2.05, 4.69) is 64.1 Å². The summed E-state index contributed by atoms with van der Waals surface area (Å²) < 4.78 is 0. The average Bonchev–Trinajstić information content (AvgIpc) is 2.68. The molecule has 3 aromatic rings. The number of carbonyl (C=O) groups excluding carboxylic acids is 1. The molecule has 185 valence electrons. The van der Waals surface area contributed by atoms with E-state index in [1.807, 2.05) is 47.6 Å². The third kappa shape index (κ3) is 7.89. The molecule has 4 heteroatoms. The van der Waals surface area contributed by atoms with Crippen molar-refractivity contribution in [2.24, 2.45) is 10.8 Å². The maximum atomic E-state index is 11.5. The summed E-state index contributed by atoms with van der Waals surface area (Å²) in [5.74, 6) is 0.104. The van der Waals surface area contributed by atoms with Crippen molar-refractivity contribution in [3.63, 3.8) is 0 Å². The van der Waals surface area contributed by atoms with Crippen LogP contribution in [0.25, 0.3) is 22.2 Å². The predicted octanol–water partition coefficient (Wildman–Crippen LogP) is 8.02. The van der Waals surface area contributed by atoms with Crippen LogP contribution in [-0.2, 0) is 24.9 Å². The van der Waals surface area contributed by atoms with Crippen LogP contribution in [0.3, 0.4) is 0 Å². The monoisotopic (exact) mass is 637 g/mol. The van der Waals surface area contributed by atoms with E-state index in [0.29, 0.717) is 0 Å². The van der Waals surface area contributed by atoms with Crippen molar-refractivity contribution in [1.82, 2.24) is 4.98 Å². The summed E-state index contributed by atoms with van der Waals surface area (Å²) in [6.45, 7) is 19.6. The Balaban J connectivity index is 0.000000364. The summed E-state index contributed by atoms with van der Waals surface area (Å²) in [6.07, 6.45) is 1.33. The van der Waals surface area contributed by atoms with Gasteiger partial charge in [0.1, 0.15) is 5.76 Å². The third-order valence-electron chi connectivity index (χ3n) is 5.64. The molecule has 2 aromatic carbocycles. The van der Waals surface area contributed by atoms with Gasteiger partial charge in [0, 0.05) is 42.4 Å². The van der Waals surface area contributed by atoms with Crippen molar-refractivity contribution in [2.45, 2.75) is 69.2 Å². The molecular formula is C30H38IrNO2-. The van der Waals surface area contributed by atoms with Crippen molar-refractivity contribution in [2.75, 3.05) is 0 Å². The Hall–Kier alpha value is -2.29. The molecule has 1 radical (unpaired) electrons. The molecule has 0 aliphatic heterocycles. The fourth-order valence-electron chi connectivity index (χ4n) is 3.12. The first-order valence-corrected chi connectivity index (χ1v) is 11.4. The third-order valence-corrected chi connectivity index (χ3v) is 5.64. The number of fused-ring (bicyclic) bond motifs is 1. The molecule has 0 amide bonds. The van der Waals surface area contributed by atoms with Gasteiger partial charge in [0.15, 0.2) is 5.78 Å². The SMILES string of the molecule is CC(C)(C)C(=O)/C=C(\O)C(C)(C)C.Cc1cc(C)c2ccc(-c3[c-]cc(C)c(C)c3)nc2c1.[Ir]. The van der Waals surface area contributed by atoms with Gasteiger partial charge < -0.3 is 5.11 Å². The fourth-order valence-corrected chi connectivity index (χ4v) is 3.12. The first-order chi connectivity index (χ1) is 15.1. The van der Waals surface area contributed by atoms with Gasteiger partial charge in [0.05, 0.1) is 5.52 Å². The first-order valence-electron chi connectivity index (χ1n) is 11.4. The molecule has 0 spiro atoms. The summed E-state index contributed by atoms with van der Waals surface area (Å²) in [5, 5.41) is 10.8. The molecule has 1 aromatic heterocycles. The summed E-state index contributed by atoms with van der Waals surface area (Å²) >= 11 is 0. The molecule has 0 unspecified atom stereocenters. The fraction of sp³-hybridized carbons (Fsp3) is 0.400. The molecule has 0 aliphatic carbocycles. The minimum Gasteiger partial charge on any atom is -0.512 e. The summed E-state index contributed by atoms with van der Waals surface area (Å²) in [5.41, 5.74) is 7.43. The Bertz CT molecular complexity index is 1190. The van der Waals surface area contributed by atoms with Crippen LogP contribution in [0.5, 0.6) is 0 Å². The van der Waals surface area contributed by atoms with Gasteiger partial charge >= 0.3 is 0 Å². The second kappa shape index (κ2) is 11.4. The minimum atomic E-state index is -0.417. The zero-order chi connectivity index (χ0) is 25.1. The molecule has 1 N–H and O–H groups in total. The number of ketones is 1. The van der Waals surface area contributed by atoms with E-state index in [1.165, 1.54) is 33.7 Å². The number of aryl methyl sites for hydroxylation is 4. The Morgan fingerprint density at radius 3 is 2.03 bits per heavy atom. The Kier molecular flexibility index (Phi) is 9.99. The molecule has 34 heavy (non-hydrogen) atoms. The molecule has 3 nitrogen and oxygen atoms in total. The molecule has 0 aliphatic rings. The van der Waals surface area contributed by atoms with Crippen LogP contribution in [-0.4, -0.2) is 15.9 Å². The molecular weight excluding hydrogens is 599 g/mol. The van der Waals surface area contributed by atoms with Gasteiger partial charge in [-0.15, -0.1) is 34.9 Å². The first kappa shape index (κ1) is 29.7. The number of benzene rings is 2. The smallest absolute Gasteiger partial charge is 0.164 e. The maximum absolute atomic E-state index is 11.5. The van der Waals surface area contributed by atoms with E-state index in [4.69, 9.17) is 4.98 Å². The summed E-state index contributed by atoms with van der Waals surface area (Å²) in [6, 6.07) is 16.1. The van der Waals surface area contributed by atoms with Crippen LogP contribution in [0, 0.1) is 44.6 Å². The number of hydrogen-bond acceptors (Lipinski definition) is 3. The van der Waals surface area contributed by atoms with E-state index < -0.39 is 5.41 Å². The van der Waals surface area contributed by atoms with Gasteiger partial charge in [-0.3, -0.25) is 9.78 Å². The largest absolute Gasteiger partial charge is 0.512 e. The van der Waals surface area contributed by atoms with Gasteiger partial charge in [0.25, 0.3) is 0 Å². The zero-order valence-electron chi connectivity index (χ0n) is 22.2. The van der Waals surface area contributed by atoms with Crippen LogP contribution in [0.1, 0.15) is 63.8 Å². The molecule has 3 rings (SSSR count). The number of rotatable bonds is 2. The van der Waals surface area contributed by atoms with Gasteiger partial charge in [0.2, 0.25) is 0 Å². The van der Waals surface area contributed by atoms with Crippen molar-refractivity contribution < 1.29 is 30.0 Å². The van der Waals surface area contributed by atoms with Crippen LogP contribution in [0.15, 0.2) is 48.2 Å². The molecule has 0 saturated carbocycles. The van der Waals surface area contributed by atoms with Gasteiger partial charge in [-0.05, 0) is 36.7 Å². The predicted molar refractivity (Wildman–Crippen MR) is 140 cm³/mol. The van der Waals surface area contributed by atoms with Crippen LogP contribution in [0.4, 0.5) is 0 Å². The van der Waals surface area contributed by atoms with Crippen molar-refractivity contribution >= 4 is 16.7 Å². The van der Waals surface area contributed by atoms with Crippen LogP contribution >= 0.6 is 0 Å². The number of aromatic nitrogens is 1. The van der Waals surface area contributed by atoms with Gasteiger partial charge in [-0.1, -0.05) is 73.6 Å². The second-order valence-corrected chi connectivity index (χ2v) is 11.0. The minimum absolute atomic E-state index is 0. The van der Waals surface area contributed by atoms with Gasteiger partial charge in [-0.2, -0.15) is 0 Å². The topological polar surface area (TPSA) is 50.2 Å². The number of aliphatic hydroxyl groups is 1. The molecule has 0 saturated heterocycles. The molecule has 1 heterocycles. The zero-order valence-corrected chi connectivity index (χ0v) is 24.6. The molecule has 0 fully saturated rings. The Morgan fingerprint density at radius 1 is 0.882 bits per heavy atom. The van der Waals surface area contributed by atoms with Gasteiger partial charge in [-0.25, -0.2) is 0 Å². The number of pyridine rings is 1. The number of nitrogens with zero attached hydrogens (tertiary/aromatic N) is 1. The summed E-state index contributed by atoms with van der Waals surface area (Å²) in [7, 11) is 0. The summed E-state index contributed by atoms with van der Waals surface area (Å²) in [4.78, 5) is 16.3. The van der Waals surface area contributed by atoms with E-state index in [0.717, 1.165) is 16.8 Å². The van der Waals surface area contributed by atoms with Crippen LogP contribution < -0.4 is 0 Å².